The summed E-state index contributed by atoms with van der Waals surface area (Å²) in [7, 11) is 0. The van der Waals surface area contributed by atoms with Gasteiger partial charge in [0.15, 0.2) is 0 Å². The molecular weight excluding hydrogens is 393 g/mol. The molecule has 21 heavy (non-hydrogen) atoms. The first kappa shape index (κ1) is 14.7. The Balaban J connectivity index is 2.07. The summed E-state index contributed by atoms with van der Waals surface area (Å²) in [5, 5.41) is 2.47. The first-order valence-electron chi connectivity index (χ1n) is 6.74. The minimum absolute atomic E-state index is 0.00928. The number of benzene rings is 2. The largest absolute Gasteiger partial charge is 0.314 e. The molecule has 4 heteroatoms. The minimum atomic E-state index is -0.00928. The van der Waals surface area contributed by atoms with E-state index in [0.29, 0.717) is 6.54 Å². The van der Waals surface area contributed by atoms with E-state index in [2.05, 4.69) is 40.2 Å². The quantitative estimate of drug-likeness (QED) is 0.550. The number of halogens is 1. The topological polar surface area (TPSA) is 20.3 Å². The average Bonchev–Trinajstić information content (AvgIpc) is 2.80. The van der Waals surface area contributed by atoms with E-state index in [9.17, 15) is 4.79 Å². The number of amides is 1. The highest BCUT2D eigenvalue weighted by Crippen LogP contribution is 2.44. The van der Waals surface area contributed by atoms with Gasteiger partial charge in [0.05, 0.1) is 11.8 Å². The zero-order valence-electron chi connectivity index (χ0n) is 11.5. The molecule has 2 aromatic carbocycles. The molecule has 2 unspecified atom stereocenters. The monoisotopic (exact) mass is 407 g/mol. The molecule has 2 nitrogen and oxygen atoms in total. The second-order valence-electron chi connectivity index (χ2n) is 4.94. The van der Waals surface area contributed by atoms with Crippen LogP contribution in [0.1, 0.15) is 17.9 Å². The molecule has 106 valence electrons. The zero-order valence-corrected chi connectivity index (χ0v) is 14.5. The molecule has 2 atom stereocenters. The highest BCUT2D eigenvalue weighted by Gasteiger charge is 2.38. The van der Waals surface area contributed by atoms with E-state index in [0.717, 1.165) is 0 Å². The van der Waals surface area contributed by atoms with Crippen LogP contribution in [0.25, 0.3) is 10.8 Å². The fraction of sp³-hybridized carbons (Fsp3) is 0.235. The molecule has 0 spiro atoms. The Bertz CT molecular complexity index is 744. The SMILES string of the molecule is CC1SC(c2cccc3ccccc23)N(CC#CI)C1=O. The summed E-state index contributed by atoms with van der Waals surface area (Å²) in [6, 6.07) is 14.6. The molecule has 0 saturated carbocycles. The predicted octanol–water partition coefficient (Wildman–Crippen LogP) is 4.20. The van der Waals surface area contributed by atoms with Crippen LogP contribution >= 0.6 is 34.4 Å². The van der Waals surface area contributed by atoms with Crippen molar-refractivity contribution in [1.82, 2.24) is 4.90 Å². The van der Waals surface area contributed by atoms with E-state index >= 15 is 0 Å². The van der Waals surface area contributed by atoms with Crippen LogP contribution in [0.5, 0.6) is 0 Å². The van der Waals surface area contributed by atoms with E-state index in [1.165, 1.54) is 16.3 Å². The molecule has 0 radical (unpaired) electrons. The molecular formula is C17H14INOS. The average molecular weight is 407 g/mol. The maximum atomic E-state index is 12.4. The zero-order chi connectivity index (χ0) is 14.8. The Morgan fingerprint density at radius 3 is 2.81 bits per heavy atom. The van der Waals surface area contributed by atoms with Crippen LogP contribution in [0, 0.1) is 9.85 Å². The van der Waals surface area contributed by atoms with Crippen LogP contribution in [-0.4, -0.2) is 22.6 Å². The smallest absolute Gasteiger partial charge is 0.237 e. The second kappa shape index (κ2) is 6.29. The van der Waals surface area contributed by atoms with Crippen LogP contribution in [0.15, 0.2) is 42.5 Å². The van der Waals surface area contributed by atoms with Crippen molar-refractivity contribution in [1.29, 1.82) is 0 Å². The molecule has 1 aliphatic rings. The molecule has 1 amide bonds. The van der Waals surface area contributed by atoms with Crippen molar-refractivity contribution in [3.05, 3.63) is 48.0 Å². The Hall–Kier alpha value is -1.19. The van der Waals surface area contributed by atoms with Crippen LogP contribution in [0.3, 0.4) is 0 Å². The maximum absolute atomic E-state index is 12.4. The van der Waals surface area contributed by atoms with Gasteiger partial charge in [0, 0.05) is 22.6 Å². The fourth-order valence-corrected chi connectivity index (χ4v) is 4.14. The number of thioether (sulfide) groups is 1. The summed E-state index contributed by atoms with van der Waals surface area (Å²) < 4.78 is 2.86. The molecule has 0 N–H and O–H groups in total. The van der Waals surface area contributed by atoms with Crippen molar-refractivity contribution in [3.63, 3.8) is 0 Å². The van der Waals surface area contributed by atoms with E-state index in [1.807, 2.05) is 46.5 Å². The lowest BCUT2D eigenvalue weighted by Crippen LogP contribution is -2.30. The van der Waals surface area contributed by atoms with Gasteiger partial charge >= 0.3 is 0 Å². The van der Waals surface area contributed by atoms with Crippen molar-refractivity contribution >= 4 is 51.0 Å². The van der Waals surface area contributed by atoms with Gasteiger partial charge in [0.1, 0.15) is 5.37 Å². The Kier molecular flexibility index (Phi) is 4.41. The van der Waals surface area contributed by atoms with Crippen LogP contribution < -0.4 is 0 Å². The van der Waals surface area contributed by atoms with Gasteiger partial charge < -0.3 is 4.90 Å². The third-order valence-electron chi connectivity index (χ3n) is 3.65. The van der Waals surface area contributed by atoms with Gasteiger partial charge in [-0.2, -0.15) is 0 Å². The third-order valence-corrected chi connectivity index (χ3v) is 5.41. The molecule has 1 fully saturated rings. The summed E-state index contributed by atoms with van der Waals surface area (Å²) in [5.41, 5.74) is 1.20. The van der Waals surface area contributed by atoms with Gasteiger partial charge in [-0.1, -0.05) is 48.4 Å². The summed E-state index contributed by atoms with van der Waals surface area (Å²) >= 11 is 3.72. The van der Waals surface area contributed by atoms with E-state index in [1.54, 1.807) is 11.8 Å². The molecule has 0 aliphatic carbocycles. The fourth-order valence-electron chi connectivity index (χ4n) is 2.66. The van der Waals surface area contributed by atoms with Gasteiger partial charge in [0.2, 0.25) is 5.91 Å². The minimum Gasteiger partial charge on any atom is -0.314 e. The van der Waals surface area contributed by atoms with Crippen molar-refractivity contribution in [3.8, 4) is 9.85 Å². The third kappa shape index (κ3) is 2.77. The Morgan fingerprint density at radius 1 is 1.24 bits per heavy atom. The summed E-state index contributed by atoms with van der Waals surface area (Å²) in [6.07, 6.45) is 0. The number of fused-ring (bicyclic) bond motifs is 1. The molecule has 0 aromatic heterocycles. The molecule has 1 aliphatic heterocycles. The Morgan fingerprint density at radius 2 is 2.00 bits per heavy atom. The van der Waals surface area contributed by atoms with Gasteiger partial charge in [-0.05, 0) is 27.2 Å². The molecule has 3 rings (SSSR count). The molecule has 1 saturated heterocycles. The summed E-state index contributed by atoms with van der Waals surface area (Å²) in [5.74, 6) is 3.20. The van der Waals surface area contributed by atoms with Crippen molar-refractivity contribution in [2.24, 2.45) is 0 Å². The van der Waals surface area contributed by atoms with Crippen molar-refractivity contribution < 1.29 is 4.79 Å². The first-order valence-corrected chi connectivity index (χ1v) is 8.76. The maximum Gasteiger partial charge on any atom is 0.237 e. The number of carbonyl (C=O) groups excluding carboxylic acids is 1. The number of rotatable bonds is 2. The number of hydrogen-bond acceptors (Lipinski definition) is 2. The van der Waals surface area contributed by atoms with Gasteiger partial charge in [-0.15, -0.1) is 11.8 Å². The number of nitrogens with zero attached hydrogens (tertiary/aromatic N) is 1. The van der Waals surface area contributed by atoms with Crippen molar-refractivity contribution in [2.75, 3.05) is 6.54 Å². The lowest BCUT2D eigenvalue weighted by molar-refractivity contribution is -0.129. The van der Waals surface area contributed by atoms with E-state index in [4.69, 9.17) is 0 Å². The lowest BCUT2D eigenvalue weighted by Gasteiger charge is -2.23. The lowest BCUT2D eigenvalue weighted by atomic mass is 10.0. The highest BCUT2D eigenvalue weighted by molar-refractivity contribution is 14.1. The molecule has 0 bridgehead atoms. The van der Waals surface area contributed by atoms with E-state index in [-0.39, 0.29) is 16.5 Å². The van der Waals surface area contributed by atoms with Crippen LogP contribution in [-0.2, 0) is 4.79 Å². The van der Waals surface area contributed by atoms with Gasteiger partial charge in [-0.3, -0.25) is 4.79 Å². The molecule has 1 heterocycles. The van der Waals surface area contributed by atoms with Crippen LogP contribution in [0.2, 0.25) is 0 Å². The first-order chi connectivity index (χ1) is 10.2. The number of hydrogen-bond donors (Lipinski definition) is 0. The van der Waals surface area contributed by atoms with Crippen LogP contribution in [0.4, 0.5) is 0 Å². The summed E-state index contributed by atoms with van der Waals surface area (Å²) in [4.78, 5) is 14.3. The standard InChI is InChI=1S/C17H14INOS/c1-12-16(20)19(11-5-10-18)17(21-12)15-9-4-7-13-6-2-3-8-14(13)15/h2-4,6-9,12,17H,11H2,1H3. The van der Waals surface area contributed by atoms with Gasteiger partial charge in [0.25, 0.3) is 0 Å². The van der Waals surface area contributed by atoms with E-state index < -0.39 is 0 Å². The highest BCUT2D eigenvalue weighted by atomic mass is 127. The molecule has 2 aromatic rings. The van der Waals surface area contributed by atoms with Gasteiger partial charge in [-0.25, -0.2) is 0 Å². The Labute approximate surface area is 142 Å². The predicted molar refractivity (Wildman–Crippen MR) is 97.3 cm³/mol. The normalized spacial score (nSPS) is 21.4. The number of carbonyl (C=O) groups is 1. The second-order valence-corrected chi connectivity index (χ2v) is 6.90. The summed E-state index contributed by atoms with van der Waals surface area (Å²) in [6.45, 7) is 2.47. The van der Waals surface area contributed by atoms with Crippen molar-refractivity contribution in [2.45, 2.75) is 17.5 Å².